The van der Waals surface area contributed by atoms with Crippen molar-refractivity contribution in [2.45, 2.75) is 32.8 Å². The first-order chi connectivity index (χ1) is 12.1. The van der Waals surface area contributed by atoms with Gasteiger partial charge in [0.1, 0.15) is 0 Å². The zero-order chi connectivity index (χ0) is 17.8. The van der Waals surface area contributed by atoms with Gasteiger partial charge in [0.2, 0.25) is 0 Å². The predicted octanol–water partition coefficient (Wildman–Crippen LogP) is 6.22. The van der Waals surface area contributed by atoms with Crippen molar-refractivity contribution in [3.05, 3.63) is 59.1 Å². The fraction of sp³-hybridized carbons (Fsp3) is 0.364. The highest BCUT2D eigenvalue weighted by atomic mass is 35.5. The molecule has 4 heteroatoms. The standard InChI is InChI=1S/C22H26ClNO.ClH/c1-3-11-24(12-4-2)15-22(25)17-10-9-16-14-21(23)19-8-6-5-7-18(19)20(16)13-17;/h5-10,13-14,22,25H,3-4,11-12,15H2,1-2H3;1H. The van der Waals surface area contributed by atoms with Crippen LogP contribution in [0.4, 0.5) is 0 Å². The second-order valence-electron chi connectivity index (χ2n) is 6.70. The van der Waals surface area contributed by atoms with Crippen LogP contribution in [0.2, 0.25) is 5.02 Å². The number of hydrogen-bond acceptors (Lipinski definition) is 2. The molecule has 0 fully saturated rings. The molecule has 0 bridgehead atoms. The van der Waals surface area contributed by atoms with Crippen molar-refractivity contribution in [3.63, 3.8) is 0 Å². The second kappa shape index (κ2) is 9.57. The lowest BCUT2D eigenvalue weighted by Crippen LogP contribution is -2.30. The van der Waals surface area contributed by atoms with Crippen LogP contribution in [-0.4, -0.2) is 29.6 Å². The van der Waals surface area contributed by atoms with Gasteiger partial charge in [-0.25, -0.2) is 0 Å². The number of halogens is 2. The number of benzene rings is 3. The molecule has 1 unspecified atom stereocenters. The van der Waals surface area contributed by atoms with Gasteiger partial charge in [0, 0.05) is 17.0 Å². The lowest BCUT2D eigenvalue weighted by atomic mass is 9.98. The van der Waals surface area contributed by atoms with E-state index in [1.807, 2.05) is 30.3 Å². The summed E-state index contributed by atoms with van der Waals surface area (Å²) in [6.07, 6.45) is 1.73. The third-order valence-electron chi connectivity index (χ3n) is 4.73. The van der Waals surface area contributed by atoms with Crippen LogP contribution in [-0.2, 0) is 0 Å². The van der Waals surface area contributed by atoms with Gasteiger partial charge < -0.3 is 10.0 Å². The third kappa shape index (κ3) is 4.50. The van der Waals surface area contributed by atoms with Crippen LogP contribution in [0.1, 0.15) is 38.4 Å². The summed E-state index contributed by atoms with van der Waals surface area (Å²) in [4.78, 5) is 2.34. The maximum absolute atomic E-state index is 10.8. The molecular formula is C22H27Cl2NO. The van der Waals surface area contributed by atoms with E-state index in [-0.39, 0.29) is 12.4 Å². The van der Waals surface area contributed by atoms with Gasteiger partial charge in [-0.15, -0.1) is 12.4 Å². The molecule has 0 spiro atoms. The van der Waals surface area contributed by atoms with Crippen LogP contribution in [0.5, 0.6) is 0 Å². The third-order valence-corrected chi connectivity index (χ3v) is 5.04. The highest BCUT2D eigenvalue weighted by Crippen LogP contribution is 2.33. The number of aliphatic hydroxyl groups excluding tert-OH is 1. The largest absolute Gasteiger partial charge is 0.387 e. The Labute approximate surface area is 167 Å². The van der Waals surface area contributed by atoms with Gasteiger partial charge in [0.25, 0.3) is 0 Å². The summed E-state index contributed by atoms with van der Waals surface area (Å²) in [7, 11) is 0. The van der Waals surface area contributed by atoms with Crippen molar-refractivity contribution in [2.24, 2.45) is 0 Å². The Morgan fingerprint density at radius 1 is 0.923 bits per heavy atom. The Morgan fingerprint density at radius 3 is 2.23 bits per heavy atom. The maximum Gasteiger partial charge on any atom is 0.0917 e. The molecule has 0 aliphatic carbocycles. The Kier molecular flexibility index (Phi) is 7.72. The average Bonchev–Trinajstić information content (AvgIpc) is 2.62. The molecule has 0 heterocycles. The van der Waals surface area contributed by atoms with Gasteiger partial charge in [0.05, 0.1) is 6.10 Å². The van der Waals surface area contributed by atoms with Crippen LogP contribution >= 0.6 is 24.0 Å². The fourth-order valence-electron chi connectivity index (χ4n) is 3.56. The van der Waals surface area contributed by atoms with E-state index in [1.165, 1.54) is 0 Å². The van der Waals surface area contributed by atoms with E-state index in [4.69, 9.17) is 11.6 Å². The van der Waals surface area contributed by atoms with Gasteiger partial charge in [-0.05, 0) is 59.8 Å². The predicted molar refractivity (Wildman–Crippen MR) is 116 cm³/mol. The first kappa shape index (κ1) is 21.0. The fourth-order valence-corrected chi connectivity index (χ4v) is 3.84. The van der Waals surface area contributed by atoms with E-state index in [0.29, 0.717) is 6.54 Å². The SMILES string of the molecule is CCCN(CCC)CC(O)c1ccc2cc(Cl)c3ccccc3c2c1.Cl. The first-order valence-corrected chi connectivity index (χ1v) is 9.53. The molecule has 0 aliphatic rings. The lowest BCUT2D eigenvalue weighted by Gasteiger charge is -2.24. The lowest BCUT2D eigenvalue weighted by molar-refractivity contribution is 0.113. The summed E-state index contributed by atoms with van der Waals surface area (Å²) in [5.74, 6) is 0. The number of rotatable bonds is 7. The Bertz CT molecular complexity index is 859. The number of hydrogen-bond donors (Lipinski definition) is 1. The van der Waals surface area contributed by atoms with E-state index in [1.54, 1.807) is 0 Å². The normalized spacial score (nSPS) is 12.5. The number of fused-ring (bicyclic) bond motifs is 3. The molecule has 0 saturated carbocycles. The highest BCUT2D eigenvalue weighted by Gasteiger charge is 2.14. The van der Waals surface area contributed by atoms with Gasteiger partial charge in [0.15, 0.2) is 0 Å². The van der Waals surface area contributed by atoms with Gasteiger partial charge in [-0.3, -0.25) is 0 Å². The van der Waals surface area contributed by atoms with Crippen LogP contribution in [0.3, 0.4) is 0 Å². The summed E-state index contributed by atoms with van der Waals surface area (Å²) in [5, 5.41) is 16.0. The summed E-state index contributed by atoms with van der Waals surface area (Å²) in [6.45, 7) is 7.09. The minimum atomic E-state index is -0.475. The molecular weight excluding hydrogens is 365 g/mol. The van der Waals surface area contributed by atoms with Crippen molar-refractivity contribution in [1.29, 1.82) is 0 Å². The zero-order valence-electron chi connectivity index (χ0n) is 15.4. The van der Waals surface area contributed by atoms with E-state index >= 15 is 0 Å². The molecule has 0 saturated heterocycles. The molecule has 0 aliphatic heterocycles. The molecule has 140 valence electrons. The number of nitrogens with zero attached hydrogens (tertiary/aromatic N) is 1. The Morgan fingerprint density at radius 2 is 1.58 bits per heavy atom. The molecule has 0 aromatic heterocycles. The van der Waals surface area contributed by atoms with Gasteiger partial charge >= 0.3 is 0 Å². The molecule has 3 rings (SSSR count). The molecule has 0 amide bonds. The average molecular weight is 392 g/mol. The molecule has 1 atom stereocenters. The van der Waals surface area contributed by atoms with Gasteiger partial charge in [-0.2, -0.15) is 0 Å². The number of aliphatic hydroxyl groups is 1. The summed E-state index contributed by atoms with van der Waals surface area (Å²) < 4.78 is 0. The van der Waals surface area contributed by atoms with Crippen molar-refractivity contribution < 1.29 is 5.11 Å². The molecule has 3 aromatic carbocycles. The van der Waals surface area contributed by atoms with E-state index < -0.39 is 6.10 Å². The molecule has 1 N–H and O–H groups in total. The van der Waals surface area contributed by atoms with E-state index in [2.05, 4.69) is 36.9 Å². The Hall–Kier alpha value is -1.32. The van der Waals surface area contributed by atoms with E-state index in [9.17, 15) is 5.11 Å². The monoisotopic (exact) mass is 391 g/mol. The van der Waals surface area contributed by atoms with Crippen LogP contribution in [0.25, 0.3) is 21.5 Å². The Balaban J connectivity index is 0.00000243. The van der Waals surface area contributed by atoms with E-state index in [0.717, 1.165) is 58.1 Å². The van der Waals surface area contributed by atoms with Crippen molar-refractivity contribution in [1.82, 2.24) is 4.90 Å². The first-order valence-electron chi connectivity index (χ1n) is 9.15. The van der Waals surface area contributed by atoms with Crippen LogP contribution in [0, 0.1) is 0 Å². The highest BCUT2D eigenvalue weighted by molar-refractivity contribution is 6.37. The summed E-state index contributed by atoms with van der Waals surface area (Å²) in [5.41, 5.74) is 0.970. The summed E-state index contributed by atoms with van der Waals surface area (Å²) >= 11 is 6.42. The van der Waals surface area contributed by atoms with Crippen molar-refractivity contribution >= 4 is 45.6 Å². The minimum absolute atomic E-state index is 0. The van der Waals surface area contributed by atoms with Crippen molar-refractivity contribution in [3.8, 4) is 0 Å². The summed E-state index contributed by atoms with van der Waals surface area (Å²) in [6, 6.07) is 16.4. The van der Waals surface area contributed by atoms with Gasteiger partial charge in [-0.1, -0.05) is 61.8 Å². The quantitative estimate of drug-likeness (QED) is 0.482. The molecule has 2 nitrogen and oxygen atoms in total. The van der Waals surface area contributed by atoms with Crippen LogP contribution < -0.4 is 0 Å². The minimum Gasteiger partial charge on any atom is -0.387 e. The van der Waals surface area contributed by atoms with Crippen molar-refractivity contribution in [2.75, 3.05) is 19.6 Å². The van der Waals surface area contributed by atoms with Crippen LogP contribution in [0.15, 0.2) is 48.5 Å². The zero-order valence-corrected chi connectivity index (χ0v) is 17.0. The maximum atomic E-state index is 10.8. The second-order valence-corrected chi connectivity index (χ2v) is 7.11. The molecule has 3 aromatic rings. The molecule has 26 heavy (non-hydrogen) atoms. The molecule has 0 radical (unpaired) electrons. The smallest absolute Gasteiger partial charge is 0.0917 e. The topological polar surface area (TPSA) is 23.5 Å².